The summed E-state index contributed by atoms with van der Waals surface area (Å²) < 4.78 is 2.45. The van der Waals surface area contributed by atoms with Gasteiger partial charge in [0.1, 0.15) is 6.04 Å². The quantitative estimate of drug-likeness (QED) is 0.810. The highest BCUT2D eigenvalue weighted by Gasteiger charge is 2.43. The molecule has 2 fully saturated rings. The Morgan fingerprint density at radius 2 is 2.04 bits per heavy atom. The second-order valence-corrected chi connectivity index (χ2v) is 8.87. The van der Waals surface area contributed by atoms with Gasteiger partial charge in [-0.3, -0.25) is 9.98 Å². The molecule has 25 heavy (non-hydrogen) atoms. The van der Waals surface area contributed by atoms with Crippen molar-refractivity contribution in [3.8, 4) is 0 Å². The molecule has 130 valence electrons. The predicted octanol–water partition coefficient (Wildman–Crippen LogP) is 4.59. The van der Waals surface area contributed by atoms with Crippen LogP contribution in [0.1, 0.15) is 62.0 Å². The Morgan fingerprint density at radius 1 is 1.16 bits per heavy atom. The summed E-state index contributed by atoms with van der Waals surface area (Å²) in [6.45, 7) is 3.37. The second-order valence-electron chi connectivity index (χ2n) is 7.47. The van der Waals surface area contributed by atoms with E-state index in [1.165, 1.54) is 36.4 Å². The number of aromatic nitrogens is 2. The van der Waals surface area contributed by atoms with E-state index in [1.807, 2.05) is 24.0 Å². The molecule has 3 atom stereocenters. The van der Waals surface area contributed by atoms with Crippen LogP contribution >= 0.6 is 11.8 Å². The highest BCUT2D eigenvalue weighted by molar-refractivity contribution is 8.14. The number of hydrogen-bond donors (Lipinski definition) is 0. The highest BCUT2D eigenvalue weighted by Crippen LogP contribution is 2.47. The van der Waals surface area contributed by atoms with Crippen molar-refractivity contribution >= 4 is 16.9 Å². The summed E-state index contributed by atoms with van der Waals surface area (Å²) in [6.07, 6.45) is 11.9. The Kier molecular flexibility index (Phi) is 3.85. The zero-order chi connectivity index (χ0) is 16.8. The number of fused-ring (bicyclic) bond motifs is 1. The Balaban J connectivity index is 1.50. The molecule has 3 unspecified atom stereocenters. The molecule has 4 nitrogen and oxygen atoms in total. The SMILES string of the molecule is CC1CN2C(=NC(c3ccccn3)C2c2ccn(C3CCCC3)c2)S1. The summed E-state index contributed by atoms with van der Waals surface area (Å²) in [7, 11) is 0. The van der Waals surface area contributed by atoms with Crippen molar-refractivity contribution in [2.45, 2.75) is 56.0 Å². The van der Waals surface area contributed by atoms with Gasteiger partial charge >= 0.3 is 0 Å². The van der Waals surface area contributed by atoms with Crippen molar-refractivity contribution in [1.29, 1.82) is 0 Å². The fourth-order valence-corrected chi connectivity index (χ4v) is 5.61. The summed E-state index contributed by atoms with van der Waals surface area (Å²) in [6, 6.07) is 9.56. The molecule has 3 aliphatic rings. The van der Waals surface area contributed by atoms with Crippen molar-refractivity contribution in [3.63, 3.8) is 0 Å². The third kappa shape index (κ3) is 2.69. The smallest absolute Gasteiger partial charge is 0.160 e. The summed E-state index contributed by atoms with van der Waals surface area (Å²) in [4.78, 5) is 12.2. The zero-order valence-electron chi connectivity index (χ0n) is 14.6. The van der Waals surface area contributed by atoms with Crippen LogP contribution in [0.3, 0.4) is 0 Å². The molecule has 0 aromatic carbocycles. The zero-order valence-corrected chi connectivity index (χ0v) is 15.4. The molecule has 2 aromatic heterocycles. The van der Waals surface area contributed by atoms with Crippen molar-refractivity contribution in [3.05, 3.63) is 54.1 Å². The molecule has 0 bridgehead atoms. The lowest BCUT2D eigenvalue weighted by Crippen LogP contribution is -2.28. The number of rotatable bonds is 3. The molecular weight excluding hydrogens is 328 g/mol. The highest BCUT2D eigenvalue weighted by atomic mass is 32.2. The monoisotopic (exact) mass is 352 g/mol. The number of nitrogens with zero attached hydrogens (tertiary/aromatic N) is 4. The van der Waals surface area contributed by atoms with Crippen LogP contribution in [0.4, 0.5) is 0 Å². The third-order valence-electron chi connectivity index (χ3n) is 5.71. The van der Waals surface area contributed by atoms with Gasteiger partial charge in [-0.1, -0.05) is 37.6 Å². The first-order chi connectivity index (χ1) is 12.3. The number of amidine groups is 1. The van der Waals surface area contributed by atoms with Gasteiger partial charge in [0.05, 0.1) is 11.7 Å². The molecule has 2 aromatic rings. The number of aliphatic imine (C=N–C) groups is 1. The molecule has 1 aliphatic carbocycles. The van der Waals surface area contributed by atoms with E-state index in [2.05, 4.69) is 52.0 Å². The van der Waals surface area contributed by atoms with E-state index in [-0.39, 0.29) is 12.1 Å². The molecule has 0 radical (unpaired) electrons. The molecule has 1 saturated carbocycles. The largest absolute Gasteiger partial charge is 0.351 e. The van der Waals surface area contributed by atoms with Crippen LogP contribution < -0.4 is 0 Å². The van der Waals surface area contributed by atoms with Gasteiger partial charge in [-0.15, -0.1) is 0 Å². The lowest BCUT2D eigenvalue weighted by Gasteiger charge is -2.26. The van der Waals surface area contributed by atoms with Gasteiger partial charge in [-0.25, -0.2) is 0 Å². The molecule has 2 aliphatic heterocycles. The average Bonchev–Trinajstić information content (AvgIpc) is 3.38. The Hall–Kier alpha value is -1.75. The number of hydrogen-bond acceptors (Lipinski definition) is 4. The minimum Gasteiger partial charge on any atom is -0.351 e. The van der Waals surface area contributed by atoms with Crippen LogP contribution in [0, 0.1) is 0 Å². The molecule has 0 amide bonds. The maximum absolute atomic E-state index is 5.07. The van der Waals surface area contributed by atoms with Gasteiger partial charge in [0, 0.05) is 36.4 Å². The predicted molar refractivity (Wildman–Crippen MR) is 103 cm³/mol. The molecule has 4 heterocycles. The second kappa shape index (κ2) is 6.20. The van der Waals surface area contributed by atoms with Gasteiger partial charge in [0.25, 0.3) is 0 Å². The average molecular weight is 353 g/mol. The molecule has 5 heteroatoms. The van der Waals surface area contributed by atoms with Crippen molar-refractivity contribution in [2.24, 2.45) is 4.99 Å². The maximum Gasteiger partial charge on any atom is 0.160 e. The third-order valence-corrected chi connectivity index (χ3v) is 6.81. The van der Waals surface area contributed by atoms with Gasteiger partial charge < -0.3 is 9.47 Å². The van der Waals surface area contributed by atoms with Crippen molar-refractivity contribution in [1.82, 2.24) is 14.5 Å². The van der Waals surface area contributed by atoms with E-state index in [0.29, 0.717) is 11.3 Å². The molecule has 0 N–H and O–H groups in total. The van der Waals surface area contributed by atoms with Gasteiger partial charge in [-0.05, 0) is 36.6 Å². The first-order valence-corrected chi connectivity index (χ1v) is 10.3. The van der Waals surface area contributed by atoms with Gasteiger partial charge in [0.15, 0.2) is 5.17 Å². The Bertz CT molecular complexity index is 778. The van der Waals surface area contributed by atoms with Gasteiger partial charge in [-0.2, -0.15) is 0 Å². The van der Waals surface area contributed by atoms with E-state index in [9.17, 15) is 0 Å². The lowest BCUT2D eigenvalue weighted by molar-refractivity contribution is 0.320. The maximum atomic E-state index is 5.07. The summed E-state index contributed by atoms with van der Waals surface area (Å²) >= 11 is 1.91. The van der Waals surface area contributed by atoms with E-state index in [1.54, 1.807) is 0 Å². The van der Waals surface area contributed by atoms with Crippen LogP contribution in [-0.2, 0) is 0 Å². The molecule has 1 saturated heterocycles. The van der Waals surface area contributed by atoms with E-state index in [0.717, 1.165) is 12.2 Å². The van der Waals surface area contributed by atoms with E-state index < -0.39 is 0 Å². The van der Waals surface area contributed by atoms with Crippen LogP contribution in [0.15, 0.2) is 47.8 Å². The van der Waals surface area contributed by atoms with E-state index in [4.69, 9.17) is 4.99 Å². The standard InChI is InChI=1S/C20H24N4S/c1-14-12-24-19(15-9-11-23(13-15)16-6-2-3-7-16)18(22-20(24)25-14)17-8-4-5-10-21-17/h4-5,8-11,13-14,16,18-19H,2-3,6-7,12H2,1H3. The first-order valence-electron chi connectivity index (χ1n) is 9.39. The van der Waals surface area contributed by atoms with Crippen LogP contribution in [0.2, 0.25) is 0 Å². The fourth-order valence-electron chi connectivity index (χ4n) is 4.51. The summed E-state index contributed by atoms with van der Waals surface area (Å²) in [5.41, 5.74) is 2.47. The van der Waals surface area contributed by atoms with Crippen LogP contribution in [0.25, 0.3) is 0 Å². The van der Waals surface area contributed by atoms with Crippen LogP contribution in [-0.4, -0.2) is 31.4 Å². The Labute approximate surface area is 153 Å². The number of pyridine rings is 1. The van der Waals surface area contributed by atoms with Crippen molar-refractivity contribution < 1.29 is 0 Å². The normalized spacial score (nSPS) is 29.2. The minimum absolute atomic E-state index is 0.107. The topological polar surface area (TPSA) is 33.4 Å². The fraction of sp³-hybridized carbons (Fsp3) is 0.500. The first kappa shape index (κ1) is 15.5. The van der Waals surface area contributed by atoms with Crippen molar-refractivity contribution in [2.75, 3.05) is 6.54 Å². The summed E-state index contributed by atoms with van der Waals surface area (Å²) in [5.74, 6) is 0. The number of thioether (sulfide) groups is 1. The molecule has 0 spiro atoms. The van der Waals surface area contributed by atoms with E-state index >= 15 is 0 Å². The summed E-state index contributed by atoms with van der Waals surface area (Å²) in [5, 5.41) is 1.81. The lowest BCUT2D eigenvalue weighted by atomic mass is 9.99. The molecule has 5 rings (SSSR count). The molecular formula is C20H24N4S. The van der Waals surface area contributed by atoms with Crippen LogP contribution in [0.5, 0.6) is 0 Å². The minimum atomic E-state index is 0.107. The van der Waals surface area contributed by atoms with Gasteiger partial charge in [0.2, 0.25) is 0 Å². The Morgan fingerprint density at radius 3 is 2.84 bits per heavy atom.